The van der Waals surface area contributed by atoms with Crippen molar-refractivity contribution in [3.05, 3.63) is 38.4 Å². The fourth-order valence-corrected chi connectivity index (χ4v) is 2.50. The van der Waals surface area contributed by atoms with Crippen molar-refractivity contribution in [3.63, 3.8) is 0 Å². The SMILES string of the molecule is O=C(O)CC1CCN(c2ccc([N+](=O)[O-])cc2[N+](=O)[O-])C1. The minimum atomic E-state index is -0.903. The number of benzene rings is 1. The van der Waals surface area contributed by atoms with Gasteiger partial charge in [-0.05, 0) is 18.4 Å². The second-order valence-corrected chi connectivity index (χ2v) is 4.89. The largest absolute Gasteiger partial charge is 0.481 e. The predicted octanol–water partition coefficient (Wildman–Crippen LogP) is 1.80. The van der Waals surface area contributed by atoms with Gasteiger partial charge in [0, 0.05) is 25.6 Å². The van der Waals surface area contributed by atoms with Gasteiger partial charge in [0.2, 0.25) is 0 Å². The van der Waals surface area contributed by atoms with Crippen molar-refractivity contribution in [1.82, 2.24) is 0 Å². The van der Waals surface area contributed by atoms with Crippen LogP contribution >= 0.6 is 0 Å². The Hall–Kier alpha value is -2.71. The quantitative estimate of drug-likeness (QED) is 0.648. The lowest BCUT2D eigenvalue weighted by Crippen LogP contribution is -2.21. The van der Waals surface area contributed by atoms with Crippen LogP contribution in [-0.4, -0.2) is 34.0 Å². The first-order valence-electron chi connectivity index (χ1n) is 6.28. The Labute approximate surface area is 119 Å². The molecule has 1 heterocycles. The van der Waals surface area contributed by atoms with E-state index in [0.29, 0.717) is 25.2 Å². The molecule has 0 saturated carbocycles. The van der Waals surface area contributed by atoms with E-state index in [4.69, 9.17) is 5.11 Å². The number of carbonyl (C=O) groups is 1. The van der Waals surface area contributed by atoms with Crippen LogP contribution in [-0.2, 0) is 4.79 Å². The number of anilines is 1. The van der Waals surface area contributed by atoms with E-state index in [1.54, 1.807) is 4.90 Å². The van der Waals surface area contributed by atoms with Gasteiger partial charge in [0.05, 0.1) is 15.9 Å². The Morgan fingerprint density at radius 2 is 2.05 bits per heavy atom. The van der Waals surface area contributed by atoms with Crippen molar-refractivity contribution in [3.8, 4) is 0 Å². The van der Waals surface area contributed by atoms with Crippen LogP contribution in [0, 0.1) is 26.1 Å². The molecule has 9 nitrogen and oxygen atoms in total. The summed E-state index contributed by atoms with van der Waals surface area (Å²) in [4.78, 5) is 32.8. The van der Waals surface area contributed by atoms with Crippen molar-refractivity contribution in [2.75, 3.05) is 18.0 Å². The molecule has 1 saturated heterocycles. The number of nitro groups is 2. The molecule has 0 radical (unpaired) electrons. The highest BCUT2D eigenvalue weighted by Gasteiger charge is 2.30. The predicted molar refractivity (Wildman–Crippen MR) is 72.3 cm³/mol. The van der Waals surface area contributed by atoms with Gasteiger partial charge < -0.3 is 10.0 Å². The van der Waals surface area contributed by atoms with Crippen LogP contribution in [0.15, 0.2) is 18.2 Å². The summed E-state index contributed by atoms with van der Waals surface area (Å²) in [6.45, 7) is 0.890. The van der Waals surface area contributed by atoms with E-state index in [1.165, 1.54) is 12.1 Å². The topological polar surface area (TPSA) is 127 Å². The van der Waals surface area contributed by atoms with Crippen LogP contribution in [0.1, 0.15) is 12.8 Å². The molecule has 21 heavy (non-hydrogen) atoms. The fourth-order valence-electron chi connectivity index (χ4n) is 2.50. The molecule has 1 aliphatic rings. The number of carboxylic acids is 1. The third-order valence-electron chi connectivity index (χ3n) is 3.46. The van der Waals surface area contributed by atoms with E-state index in [1.807, 2.05) is 0 Å². The third-order valence-corrected chi connectivity index (χ3v) is 3.46. The number of nitrogens with zero attached hydrogens (tertiary/aromatic N) is 3. The van der Waals surface area contributed by atoms with Crippen LogP contribution in [0.4, 0.5) is 17.1 Å². The summed E-state index contributed by atoms with van der Waals surface area (Å²) in [7, 11) is 0. The maximum Gasteiger partial charge on any atom is 0.303 e. The summed E-state index contributed by atoms with van der Waals surface area (Å²) in [5, 5.41) is 30.5. The average Bonchev–Trinajstić information content (AvgIpc) is 2.85. The highest BCUT2D eigenvalue weighted by molar-refractivity contribution is 5.69. The molecule has 9 heteroatoms. The number of carboxylic acid groups (broad SMARTS) is 1. The summed E-state index contributed by atoms with van der Waals surface area (Å²) in [5.41, 5.74) is -0.384. The minimum absolute atomic E-state index is 0.0112. The highest BCUT2D eigenvalue weighted by atomic mass is 16.6. The van der Waals surface area contributed by atoms with Gasteiger partial charge in [-0.1, -0.05) is 0 Å². The summed E-state index contributed by atoms with van der Waals surface area (Å²) in [6, 6.07) is 3.49. The van der Waals surface area contributed by atoms with Crippen molar-refractivity contribution in [2.24, 2.45) is 5.92 Å². The van der Waals surface area contributed by atoms with Crippen molar-refractivity contribution in [2.45, 2.75) is 12.8 Å². The summed E-state index contributed by atoms with van der Waals surface area (Å²) < 4.78 is 0. The average molecular weight is 295 g/mol. The van der Waals surface area contributed by atoms with Crippen LogP contribution in [0.5, 0.6) is 0 Å². The van der Waals surface area contributed by atoms with Gasteiger partial charge >= 0.3 is 5.97 Å². The Kier molecular flexibility index (Phi) is 4.01. The molecule has 1 aliphatic heterocycles. The summed E-state index contributed by atoms with van der Waals surface area (Å²) in [5.74, 6) is -0.975. The number of non-ortho nitro benzene ring substituents is 1. The van der Waals surface area contributed by atoms with Gasteiger partial charge in [0.25, 0.3) is 11.4 Å². The molecule has 0 aromatic heterocycles. The van der Waals surface area contributed by atoms with E-state index in [-0.39, 0.29) is 23.7 Å². The van der Waals surface area contributed by atoms with E-state index >= 15 is 0 Å². The van der Waals surface area contributed by atoms with Gasteiger partial charge in [-0.25, -0.2) is 0 Å². The van der Waals surface area contributed by atoms with Crippen LogP contribution in [0.2, 0.25) is 0 Å². The Morgan fingerprint density at radius 3 is 2.62 bits per heavy atom. The maximum absolute atomic E-state index is 11.1. The number of aliphatic carboxylic acids is 1. The molecule has 1 aromatic rings. The van der Waals surface area contributed by atoms with E-state index in [9.17, 15) is 25.0 Å². The third kappa shape index (κ3) is 3.25. The first kappa shape index (κ1) is 14.7. The molecule has 112 valence electrons. The number of hydrogen-bond acceptors (Lipinski definition) is 6. The monoisotopic (exact) mass is 295 g/mol. The second kappa shape index (κ2) is 5.73. The van der Waals surface area contributed by atoms with Gasteiger partial charge in [0.1, 0.15) is 5.69 Å². The second-order valence-electron chi connectivity index (χ2n) is 4.89. The molecule has 0 aliphatic carbocycles. The van der Waals surface area contributed by atoms with Crippen molar-refractivity contribution >= 4 is 23.0 Å². The number of nitro benzene ring substituents is 2. The molecule has 1 unspecified atom stereocenters. The molecular weight excluding hydrogens is 282 g/mol. The molecule has 2 rings (SSSR count). The maximum atomic E-state index is 11.1. The zero-order valence-electron chi connectivity index (χ0n) is 11.0. The Balaban J connectivity index is 2.26. The molecule has 0 spiro atoms. The van der Waals surface area contributed by atoms with Crippen LogP contribution in [0.3, 0.4) is 0 Å². The van der Waals surface area contributed by atoms with Gasteiger partial charge in [0.15, 0.2) is 0 Å². The van der Waals surface area contributed by atoms with Crippen molar-refractivity contribution in [1.29, 1.82) is 0 Å². The first-order chi connectivity index (χ1) is 9.88. The standard InChI is InChI=1S/C12H13N3O6/c16-12(17)5-8-3-4-13(7-8)10-2-1-9(14(18)19)6-11(10)15(20)21/h1-2,6,8H,3-5,7H2,(H,16,17). The molecule has 1 aromatic carbocycles. The minimum Gasteiger partial charge on any atom is -0.481 e. The lowest BCUT2D eigenvalue weighted by molar-refractivity contribution is -0.393. The molecule has 1 N–H and O–H groups in total. The molecule has 1 atom stereocenters. The normalized spacial score (nSPS) is 17.7. The zero-order chi connectivity index (χ0) is 15.6. The summed E-state index contributed by atoms with van der Waals surface area (Å²) >= 11 is 0. The number of hydrogen-bond donors (Lipinski definition) is 1. The van der Waals surface area contributed by atoms with Gasteiger partial charge in [-0.15, -0.1) is 0 Å². The molecule has 0 bridgehead atoms. The van der Waals surface area contributed by atoms with Crippen LogP contribution < -0.4 is 4.90 Å². The summed E-state index contributed by atoms with van der Waals surface area (Å²) in [6.07, 6.45) is 0.637. The van der Waals surface area contributed by atoms with E-state index < -0.39 is 15.8 Å². The zero-order valence-corrected chi connectivity index (χ0v) is 11.0. The first-order valence-corrected chi connectivity index (χ1v) is 6.28. The smallest absolute Gasteiger partial charge is 0.303 e. The van der Waals surface area contributed by atoms with Crippen LogP contribution in [0.25, 0.3) is 0 Å². The number of rotatable bonds is 5. The lowest BCUT2D eigenvalue weighted by Gasteiger charge is -2.18. The molecular formula is C12H13N3O6. The lowest BCUT2D eigenvalue weighted by atomic mass is 10.1. The van der Waals surface area contributed by atoms with Crippen molar-refractivity contribution < 1.29 is 19.7 Å². The molecule has 0 amide bonds. The molecule has 1 fully saturated rings. The van der Waals surface area contributed by atoms with E-state index in [0.717, 1.165) is 6.07 Å². The Morgan fingerprint density at radius 1 is 1.33 bits per heavy atom. The van der Waals surface area contributed by atoms with Gasteiger partial charge in [-0.3, -0.25) is 25.0 Å². The highest BCUT2D eigenvalue weighted by Crippen LogP contribution is 2.35. The van der Waals surface area contributed by atoms with E-state index in [2.05, 4.69) is 0 Å². The van der Waals surface area contributed by atoms with Gasteiger partial charge in [-0.2, -0.15) is 0 Å². The Bertz CT molecular complexity index is 603. The fraction of sp³-hybridized carbons (Fsp3) is 0.417.